The fourth-order valence-electron chi connectivity index (χ4n) is 3.00. The summed E-state index contributed by atoms with van der Waals surface area (Å²) in [5.74, 6) is 1.43. The van der Waals surface area contributed by atoms with Gasteiger partial charge in [0.2, 0.25) is 0 Å². The number of aryl methyl sites for hydroxylation is 1. The predicted molar refractivity (Wildman–Crippen MR) is 70.4 cm³/mol. The number of hydrogen-bond donors (Lipinski definition) is 0. The summed E-state index contributed by atoms with van der Waals surface area (Å²) in [5, 5.41) is 0. The van der Waals surface area contributed by atoms with E-state index in [2.05, 4.69) is 28.4 Å². The van der Waals surface area contributed by atoms with Gasteiger partial charge in [-0.05, 0) is 25.7 Å². The lowest BCUT2D eigenvalue weighted by molar-refractivity contribution is 0.103. The van der Waals surface area contributed by atoms with E-state index in [1.165, 1.54) is 30.8 Å². The van der Waals surface area contributed by atoms with Crippen LogP contribution < -0.4 is 0 Å². The summed E-state index contributed by atoms with van der Waals surface area (Å²) in [6.45, 7) is 7.09. The van der Waals surface area contributed by atoms with Gasteiger partial charge < -0.3 is 9.30 Å². The number of rotatable bonds is 5. The van der Waals surface area contributed by atoms with Crippen LogP contribution in [0.4, 0.5) is 0 Å². The summed E-state index contributed by atoms with van der Waals surface area (Å²) in [4.78, 5) is 7.12. The van der Waals surface area contributed by atoms with Crippen molar-refractivity contribution in [3.05, 3.63) is 17.7 Å². The first-order valence-electron chi connectivity index (χ1n) is 7.08. The Morgan fingerprint density at radius 1 is 1.44 bits per heavy atom. The third-order valence-corrected chi connectivity index (χ3v) is 4.04. The molecule has 1 aromatic heterocycles. The van der Waals surface area contributed by atoms with Gasteiger partial charge in [-0.3, -0.25) is 4.90 Å². The first kappa shape index (κ1) is 12.2. The molecule has 1 fully saturated rings. The Morgan fingerprint density at radius 3 is 3.00 bits per heavy atom. The van der Waals surface area contributed by atoms with Gasteiger partial charge in [0.05, 0.1) is 18.6 Å². The fraction of sp³-hybridized carbons (Fsp3) is 0.786. The van der Waals surface area contributed by atoms with E-state index in [1.54, 1.807) is 0 Å². The monoisotopic (exact) mass is 249 g/mol. The highest BCUT2D eigenvalue weighted by molar-refractivity contribution is 5.22. The molecule has 1 aromatic rings. The molecule has 1 saturated carbocycles. The molecule has 2 heterocycles. The van der Waals surface area contributed by atoms with Gasteiger partial charge in [0.15, 0.2) is 0 Å². The smallest absolute Gasteiger partial charge is 0.0949 e. The maximum Gasteiger partial charge on any atom is 0.0949 e. The van der Waals surface area contributed by atoms with Crippen molar-refractivity contribution in [1.82, 2.24) is 14.5 Å². The van der Waals surface area contributed by atoms with Gasteiger partial charge in [0, 0.05) is 44.9 Å². The van der Waals surface area contributed by atoms with Gasteiger partial charge in [-0.25, -0.2) is 4.98 Å². The Labute approximate surface area is 109 Å². The Kier molecular flexibility index (Phi) is 3.39. The van der Waals surface area contributed by atoms with Crippen molar-refractivity contribution in [3.8, 4) is 0 Å². The second kappa shape index (κ2) is 5.02. The van der Waals surface area contributed by atoms with E-state index in [9.17, 15) is 0 Å². The number of ether oxygens (including phenoxy) is 1. The molecule has 0 amide bonds. The minimum Gasteiger partial charge on any atom is -0.381 e. The zero-order valence-electron chi connectivity index (χ0n) is 11.4. The quantitative estimate of drug-likeness (QED) is 0.796. The molecule has 3 rings (SSSR count). The lowest BCUT2D eigenvalue weighted by atomic mass is 9.98. The summed E-state index contributed by atoms with van der Waals surface area (Å²) < 4.78 is 7.83. The number of fused-ring (bicyclic) bond motifs is 1. The Bertz CT molecular complexity index is 411. The lowest BCUT2D eigenvalue weighted by Gasteiger charge is -2.32. The zero-order chi connectivity index (χ0) is 12.5. The number of imidazole rings is 1. The topological polar surface area (TPSA) is 30.3 Å². The molecule has 2 aliphatic rings. The van der Waals surface area contributed by atoms with Gasteiger partial charge in [-0.2, -0.15) is 0 Å². The van der Waals surface area contributed by atoms with E-state index in [0.29, 0.717) is 5.92 Å². The van der Waals surface area contributed by atoms with Gasteiger partial charge in [-0.1, -0.05) is 0 Å². The Morgan fingerprint density at radius 2 is 2.28 bits per heavy atom. The van der Waals surface area contributed by atoms with Crippen molar-refractivity contribution in [2.75, 3.05) is 26.3 Å². The summed E-state index contributed by atoms with van der Waals surface area (Å²) in [5.41, 5.74) is 2.64. The van der Waals surface area contributed by atoms with Crippen molar-refractivity contribution in [1.29, 1.82) is 0 Å². The molecule has 0 bridgehead atoms. The fourth-order valence-corrected chi connectivity index (χ4v) is 3.00. The molecule has 0 spiro atoms. The van der Waals surface area contributed by atoms with Crippen LogP contribution in [0.1, 0.15) is 37.1 Å². The summed E-state index contributed by atoms with van der Waals surface area (Å²) in [6, 6.07) is 0. The summed E-state index contributed by atoms with van der Waals surface area (Å²) in [7, 11) is 2.10. The normalized spacial score (nSPS) is 24.2. The largest absolute Gasteiger partial charge is 0.381 e. The van der Waals surface area contributed by atoms with Crippen LogP contribution in [0, 0.1) is 5.92 Å². The molecular formula is C14H23N3O. The van der Waals surface area contributed by atoms with Crippen molar-refractivity contribution >= 4 is 0 Å². The predicted octanol–water partition coefficient (Wildman–Crippen LogP) is 1.77. The average molecular weight is 249 g/mol. The Hall–Kier alpha value is -0.870. The first-order chi connectivity index (χ1) is 8.78. The van der Waals surface area contributed by atoms with Gasteiger partial charge >= 0.3 is 0 Å². The molecular weight excluding hydrogens is 226 g/mol. The molecule has 1 aliphatic carbocycles. The maximum atomic E-state index is 5.66. The maximum absolute atomic E-state index is 5.66. The van der Waals surface area contributed by atoms with E-state index < -0.39 is 0 Å². The van der Waals surface area contributed by atoms with Crippen LogP contribution in [0.2, 0.25) is 0 Å². The van der Waals surface area contributed by atoms with E-state index in [4.69, 9.17) is 4.74 Å². The first-order valence-corrected chi connectivity index (χ1v) is 7.08. The van der Waals surface area contributed by atoms with Crippen molar-refractivity contribution in [2.24, 2.45) is 13.0 Å². The van der Waals surface area contributed by atoms with Crippen LogP contribution in [-0.4, -0.2) is 40.8 Å². The third kappa shape index (κ3) is 2.45. The molecule has 0 unspecified atom stereocenters. The summed E-state index contributed by atoms with van der Waals surface area (Å²) in [6.07, 6.45) is 4.79. The van der Waals surface area contributed by atoms with E-state index in [0.717, 1.165) is 32.2 Å². The van der Waals surface area contributed by atoms with Crippen molar-refractivity contribution in [3.63, 3.8) is 0 Å². The SMILES string of the molecule is CCOC[C@H]1CN(CC2CC2)Cc2ncn(C)c21. The highest BCUT2D eigenvalue weighted by Crippen LogP contribution is 2.33. The molecule has 100 valence electrons. The van der Waals surface area contributed by atoms with E-state index in [-0.39, 0.29) is 0 Å². The second-order valence-corrected chi connectivity index (χ2v) is 5.68. The van der Waals surface area contributed by atoms with Gasteiger partial charge in [0.25, 0.3) is 0 Å². The molecule has 4 heteroatoms. The number of aromatic nitrogens is 2. The molecule has 18 heavy (non-hydrogen) atoms. The number of nitrogens with zero attached hydrogens (tertiary/aromatic N) is 3. The minimum atomic E-state index is 0.486. The van der Waals surface area contributed by atoms with Crippen LogP contribution in [0.5, 0.6) is 0 Å². The van der Waals surface area contributed by atoms with Crippen molar-refractivity contribution in [2.45, 2.75) is 32.2 Å². The minimum absolute atomic E-state index is 0.486. The zero-order valence-corrected chi connectivity index (χ0v) is 11.4. The summed E-state index contributed by atoms with van der Waals surface area (Å²) >= 11 is 0. The highest BCUT2D eigenvalue weighted by atomic mass is 16.5. The standard InChI is InChI=1S/C14H23N3O/c1-3-18-9-12-7-17(6-11-4-5-11)8-13-14(12)16(2)10-15-13/h10-12H,3-9H2,1-2H3/t12-/m1/s1. The molecule has 0 saturated heterocycles. The molecule has 0 radical (unpaired) electrons. The Balaban J connectivity index is 1.75. The molecule has 4 nitrogen and oxygen atoms in total. The van der Waals surface area contributed by atoms with E-state index in [1.807, 2.05) is 6.33 Å². The van der Waals surface area contributed by atoms with Gasteiger partial charge in [-0.15, -0.1) is 0 Å². The van der Waals surface area contributed by atoms with E-state index >= 15 is 0 Å². The van der Waals surface area contributed by atoms with Crippen LogP contribution in [0.3, 0.4) is 0 Å². The van der Waals surface area contributed by atoms with Crippen LogP contribution in [-0.2, 0) is 18.3 Å². The highest BCUT2D eigenvalue weighted by Gasteiger charge is 2.32. The number of hydrogen-bond acceptors (Lipinski definition) is 3. The molecule has 1 atom stereocenters. The van der Waals surface area contributed by atoms with Gasteiger partial charge in [0.1, 0.15) is 0 Å². The lowest BCUT2D eigenvalue weighted by Crippen LogP contribution is -2.37. The van der Waals surface area contributed by atoms with Crippen molar-refractivity contribution < 1.29 is 4.74 Å². The molecule has 0 aromatic carbocycles. The molecule has 0 N–H and O–H groups in total. The molecule has 1 aliphatic heterocycles. The second-order valence-electron chi connectivity index (χ2n) is 5.68. The van der Waals surface area contributed by atoms with Crippen LogP contribution >= 0.6 is 0 Å². The third-order valence-electron chi connectivity index (χ3n) is 4.04. The van der Waals surface area contributed by atoms with Crippen LogP contribution in [0.15, 0.2) is 6.33 Å². The average Bonchev–Trinajstić information content (AvgIpc) is 3.09. The van der Waals surface area contributed by atoms with Crippen LogP contribution in [0.25, 0.3) is 0 Å².